The van der Waals surface area contributed by atoms with Crippen LogP contribution < -0.4 is 15.2 Å². The Hall–Kier alpha value is -2.73. The predicted molar refractivity (Wildman–Crippen MR) is 102 cm³/mol. The van der Waals surface area contributed by atoms with Crippen LogP contribution >= 0.6 is 11.6 Å². The Labute approximate surface area is 162 Å². The summed E-state index contributed by atoms with van der Waals surface area (Å²) in [5.41, 5.74) is 6.57. The first-order valence-electron chi connectivity index (χ1n) is 8.65. The van der Waals surface area contributed by atoms with Gasteiger partial charge in [0.15, 0.2) is 6.61 Å². The molecule has 2 N–H and O–H groups in total. The molecule has 6 nitrogen and oxygen atoms in total. The number of carbonyl (C=O) groups is 2. The number of nitrogens with two attached hydrogens (primary N) is 1. The number of primary amides is 1. The molecule has 1 unspecified atom stereocenters. The van der Waals surface area contributed by atoms with Crippen molar-refractivity contribution in [2.45, 2.75) is 18.9 Å². The lowest BCUT2D eigenvalue weighted by Gasteiger charge is -2.25. The van der Waals surface area contributed by atoms with E-state index in [1.54, 1.807) is 19.2 Å². The Morgan fingerprint density at radius 2 is 1.96 bits per heavy atom. The van der Waals surface area contributed by atoms with Gasteiger partial charge in [0.1, 0.15) is 11.5 Å². The van der Waals surface area contributed by atoms with Crippen molar-refractivity contribution in [2.24, 2.45) is 5.73 Å². The van der Waals surface area contributed by atoms with Crippen LogP contribution in [0.25, 0.3) is 0 Å². The van der Waals surface area contributed by atoms with Crippen molar-refractivity contribution in [1.29, 1.82) is 0 Å². The molecule has 0 saturated carbocycles. The normalized spacial score (nSPS) is 16.2. The number of hydrogen-bond donors (Lipinski definition) is 1. The van der Waals surface area contributed by atoms with Gasteiger partial charge in [-0.15, -0.1) is 0 Å². The number of benzene rings is 2. The van der Waals surface area contributed by atoms with E-state index in [9.17, 15) is 9.59 Å². The van der Waals surface area contributed by atoms with Gasteiger partial charge in [-0.25, -0.2) is 0 Å². The molecule has 0 aliphatic carbocycles. The maximum Gasteiger partial charge on any atom is 0.261 e. The van der Waals surface area contributed by atoms with Gasteiger partial charge in [0.2, 0.25) is 0 Å². The molecule has 3 rings (SSSR count). The standard InChI is InChI=1S/C20H21ClN2O4/c1-26-15-7-4-13(5-8-15)17-3-2-10-23(17)19(24)12-27-18-9-6-14(21)11-16(18)20(22)25/h4-9,11,17H,2-3,10,12H2,1H3,(H2,22,25). The molecule has 0 radical (unpaired) electrons. The fraction of sp³-hybridized carbons (Fsp3) is 0.300. The summed E-state index contributed by atoms with van der Waals surface area (Å²) in [6.07, 6.45) is 1.82. The summed E-state index contributed by atoms with van der Waals surface area (Å²) < 4.78 is 10.8. The number of ether oxygens (including phenoxy) is 2. The largest absolute Gasteiger partial charge is 0.497 e. The van der Waals surface area contributed by atoms with Crippen molar-refractivity contribution in [2.75, 3.05) is 20.3 Å². The highest BCUT2D eigenvalue weighted by Crippen LogP contribution is 2.33. The van der Waals surface area contributed by atoms with Crippen molar-refractivity contribution < 1.29 is 19.1 Å². The lowest BCUT2D eigenvalue weighted by Crippen LogP contribution is -2.34. The summed E-state index contributed by atoms with van der Waals surface area (Å²) in [6.45, 7) is 0.497. The molecule has 2 amide bonds. The van der Waals surface area contributed by atoms with Gasteiger partial charge in [0.25, 0.3) is 11.8 Å². The highest BCUT2D eigenvalue weighted by molar-refractivity contribution is 6.31. The molecule has 7 heteroatoms. The first kappa shape index (κ1) is 19.0. The summed E-state index contributed by atoms with van der Waals surface area (Å²) in [4.78, 5) is 26.1. The van der Waals surface area contributed by atoms with Gasteiger partial charge >= 0.3 is 0 Å². The smallest absolute Gasteiger partial charge is 0.261 e. The number of carbonyl (C=O) groups excluding carboxylic acids is 2. The summed E-state index contributed by atoms with van der Waals surface area (Å²) in [5.74, 6) is 0.232. The summed E-state index contributed by atoms with van der Waals surface area (Å²) >= 11 is 5.89. The van der Waals surface area contributed by atoms with Crippen molar-refractivity contribution in [3.05, 3.63) is 58.6 Å². The molecule has 27 heavy (non-hydrogen) atoms. The predicted octanol–water partition coefficient (Wildman–Crippen LogP) is 3.19. The fourth-order valence-electron chi connectivity index (χ4n) is 3.28. The van der Waals surface area contributed by atoms with Gasteiger partial charge in [0, 0.05) is 11.6 Å². The maximum absolute atomic E-state index is 12.7. The summed E-state index contributed by atoms with van der Waals surface area (Å²) in [7, 11) is 1.62. The topological polar surface area (TPSA) is 81.9 Å². The average Bonchev–Trinajstić information content (AvgIpc) is 3.16. The second-order valence-electron chi connectivity index (χ2n) is 6.31. The van der Waals surface area contributed by atoms with E-state index in [0.29, 0.717) is 11.6 Å². The van der Waals surface area contributed by atoms with Crippen molar-refractivity contribution >= 4 is 23.4 Å². The van der Waals surface area contributed by atoms with Crippen LogP contribution in [-0.2, 0) is 4.79 Å². The highest BCUT2D eigenvalue weighted by atomic mass is 35.5. The third-order valence-corrected chi connectivity index (χ3v) is 4.87. The van der Waals surface area contributed by atoms with Gasteiger partial charge in [-0.1, -0.05) is 23.7 Å². The highest BCUT2D eigenvalue weighted by Gasteiger charge is 2.30. The van der Waals surface area contributed by atoms with E-state index < -0.39 is 5.91 Å². The number of likely N-dealkylation sites (tertiary alicyclic amines) is 1. The minimum atomic E-state index is -0.655. The molecule has 2 aromatic carbocycles. The van der Waals surface area contributed by atoms with E-state index in [0.717, 1.165) is 24.2 Å². The zero-order valence-corrected chi connectivity index (χ0v) is 15.7. The van der Waals surface area contributed by atoms with Crippen LogP contribution in [0.1, 0.15) is 34.8 Å². The van der Waals surface area contributed by atoms with E-state index in [-0.39, 0.29) is 29.9 Å². The van der Waals surface area contributed by atoms with Crippen LogP contribution in [0.2, 0.25) is 5.02 Å². The second kappa shape index (κ2) is 8.31. The number of amides is 2. The lowest BCUT2D eigenvalue weighted by atomic mass is 10.0. The van der Waals surface area contributed by atoms with E-state index in [2.05, 4.69) is 0 Å². The van der Waals surface area contributed by atoms with Gasteiger partial charge < -0.3 is 20.1 Å². The molecule has 1 atom stereocenters. The van der Waals surface area contributed by atoms with Crippen LogP contribution in [0.3, 0.4) is 0 Å². The van der Waals surface area contributed by atoms with Crippen molar-refractivity contribution in [3.8, 4) is 11.5 Å². The summed E-state index contributed by atoms with van der Waals surface area (Å²) in [6, 6.07) is 12.3. The van der Waals surface area contributed by atoms with Crippen LogP contribution in [0.15, 0.2) is 42.5 Å². The number of methoxy groups -OCH3 is 1. The zero-order valence-electron chi connectivity index (χ0n) is 15.0. The van der Waals surface area contributed by atoms with Crippen molar-refractivity contribution in [3.63, 3.8) is 0 Å². The van der Waals surface area contributed by atoms with Gasteiger partial charge in [-0.2, -0.15) is 0 Å². The Balaban J connectivity index is 1.69. The Morgan fingerprint density at radius 3 is 2.63 bits per heavy atom. The summed E-state index contributed by atoms with van der Waals surface area (Å²) in [5, 5.41) is 0.376. The van der Waals surface area contributed by atoms with Crippen LogP contribution in [0.5, 0.6) is 11.5 Å². The van der Waals surface area contributed by atoms with E-state index in [1.807, 2.05) is 29.2 Å². The number of halogens is 1. The molecule has 1 fully saturated rings. The first-order chi connectivity index (χ1) is 13.0. The Kier molecular flexibility index (Phi) is 5.86. The number of nitrogens with zero attached hydrogens (tertiary/aromatic N) is 1. The van der Waals surface area contributed by atoms with Crippen LogP contribution in [0, 0.1) is 0 Å². The quantitative estimate of drug-likeness (QED) is 0.823. The van der Waals surface area contributed by atoms with Crippen LogP contribution in [0.4, 0.5) is 0 Å². The third-order valence-electron chi connectivity index (χ3n) is 4.63. The molecule has 0 aromatic heterocycles. The van der Waals surface area contributed by atoms with E-state index >= 15 is 0 Å². The molecular weight excluding hydrogens is 368 g/mol. The minimum Gasteiger partial charge on any atom is -0.497 e. The molecule has 2 aromatic rings. The molecule has 0 spiro atoms. The lowest BCUT2D eigenvalue weighted by molar-refractivity contribution is -0.134. The molecule has 1 heterocycles. The van der Waals surface area contributed by atoms with Gasteiger partial charge in [0.05, 0.1) is 18.7 Å². The SMILES string of the molecule is COc1ccc(C2CCCN2C(=O)COc2ccc(Cl)cc2C(N)=O)cc1. The fourth-order valence-corrected chi connectivity index (χ4v) is 3.45. The van der Waals surface area contributed by atoms with Gasteiger partial charge in [-0.05, 0) is 48.7 Å². The number of rotatable bonds is 6. The second-order valence-corrected chi connectivity index (χ2v) is 6.75. The molecule has 1 saturated heterocycles. The van der Waals surface area contributed by atoms with E-state index in [4.69, 9.17) is 26.8 Å². The van der Waals surface area contributed by atoms with Gasteiger partial charge in [-0.3, -0.25) is 9.59 Å². The maximum atomic E-state index is 12.7. The molecule has 1 aliphatic rings. The Morgan fingerprint density at radius 1 is 1.22 bits per heavy atom. The molecular formula is C20H21ClN2O4. The first-order valence-corrected chi connectivity index (χ1v) is 9.03. The zero-order chi connectivity index (χ0) is 19.4. The average molecular weight is 389 g/mol. The number of hydrogen-bond acceptors (Lipinski definition) is 4. The molecule has 1 aliphatic heterocycles. The monoisotopic (exact) mass is 388 g/mol. The van der Waals surface area contributed by atoms with Crippen molar-refractivity contribution in [1.82, 2.24) is 4.90 Å². The minimum absolute atomic E-state index is 0.00725. The third kappa shape index (κ3) is 4.34. The molecule has 142 valence electrons. The Bertz CT molecular complexity index is 838. The van der Waals surface area contributed by atoms with Crippen LogP contribution in [-0.4, -0.2) is 37.0 Å². The molecule has 0 bridgehead atoms. The van der Waals surface area contributed by atoms with E-state index in [1.165, 1.54) is 6.07 Å².